The minimum absolute atomic E-state index is 0.0935. The van der Waals surface area contributed by atoms with Crippen molar-refractivity contribution in [2.75, 3.05) is 14.2 Å². The molecule has 13 heteroatoms. The highest BCUT2D eigenvalue weighted by Gasteiger charge is 2.49. The molecule has 0 fully saturated rings. The van der Waals surface area contributed by atoms with Gasteiger partial charge < -0.3 is 18.8 Å². The number of hydrogen-bond donors (Lipinski definition) is 1. The highest BCUT2D eigenvalue weighted by molar-refractivity contribution is 7.88. The molecule has 0 aliphatic carbocycles. The summed E-state index contributed by atoms with van der Waals surface area (Å²) in [6, 6.07) is 15.5. The first-order chi connectivity index (χ1) is 17.8. The van der Waals surface area contributed by atoms with Crippen LogP contribution in [0.2, 0.25) is 0 Å². The molecular formula is C25H18F4O8S. The molecule has 0 aliphatic rings. The topological polar surface area (TPSA) is 116 Å². The maximum atomic E-state index is 14.1. The van der Waals surface area contributed by atoms with E-state index in [1.807, 2.05) is 6.07 Å². The Hall–Kier alpha value is -4.39. The quantitative estimate of drug-likeness (QED) is 0.156. The number of fused-ring (bicyclic) bond motifs is 2. The number of phenols is 1. The normalized spacial score (nSPS) is 11.4. The third-order valence-corrected chi connectivity index (χ3v) is 6.06. The summed E-state index contributed by atoms with van der Waals surface area (Å²) >= 11 is 0. The van der Waals surface area contributed by atoms with Crippen molar-refractivity contribution in [1.29, 1.82) is 0 Å². The standard InChI is InChI=1S/C13H8F4O5S.C12H10O3/c1-21-12(18)8-2-4-9-7(6-8)3-5-10(11(9)14)22-23(19,20)13(15,16)17;1-15-12(14)11-4-2-3-8-7-9(13)5-6-10(8)11/h2-6H,1H3;2-7,13H,1H3. The number of phenolic OH excluding ortho intramolecular Hbond substituents is 1. The van der Waals surface area contributed by atoms with Gasteiger partial charge in [-0.3, -0.25) is 0 Å². The zero-order valence-electron chi connectivity index (χ0n) is 19.6. The van der Waals surface area contributed by atoms with Gasteiger partial charge in [0.05, 0.1) is 25.3 Å². The lowest BCUT2D eigenvalue weighted by Gasteiger charge is -2.11. The summed E-state index contributed by atoms with van der Waals surface area (Å²) in [5, 5.41) is 10.8. The summed E-state index contributed by atoms with van der Waals surface area (Å²) in [4.78, 5) is 22.8. The lowest BCUT2D eigenvalue weighted by atomic mass is 10.0. The van der Waals surface area contributed by atoms with E-state index in [1.165, 1.54) is 19.2 Å². The molecule has 0 amide bonds. The molecular weight excluding hydrogens is 536 g/mol. The van der Waals surface area contributed by atoms with E-state index in [9.17, 15) is 40.7 Å². The Balaban J connectivity index is 0.000000230. The first kappa shape index (κ1) is 28.2. The summed E-state index contributed by atoms with van der Waals surface area (Å²) < 4.78 is 85.7. The van der Waals surface area contributed by atoms with Gasteiger partial charge in [0.25, 0.3) is 0 Å². The van der Waals surface area contributed by atoms with E-state index in [2.05, 4.69) is 13.7 Å². The van der Waals surface area contributed by atoms with E-state index in [0.717, 1.165) is 36.1 Å². The van der Waals surface area contributed by atoms with E-state index in [4.69, 9.17) is 0 Å². The molecule has 0 saturated carbocycles. The van der Waals surface area contributed by atoms with Crippen LogP contribution < -0.4 is 4.18 Å². The fourth-order valence-electron chi connectivity index (χ4n) is 3.31. The molecule has 200 valence electrons. The van der Waals surface area contributed by atoms with Crippen LogP contribution in [0.4, 0.5) is 17.6 Å². The first-order valence-electron chi connectivity index (χ1n) is 10.4. The summed E-state index contributed by atoms with van der Waals surface area (Å²) in [5.74, 6) is -3.27. The van der Waals surface area contributed by atoms with Crippen LogP contribution in [-0.4, -0.2) is 45.2 Å². The average Bonchev–Trinajstić information content (AvgIpc) is 2.88. The number of ether oxygens (including phenoxy) is 2. The minimum atomic E-state index is -5.98. The molecule has 0 radical (unpaired) electrons. The number of carbonyl (C=O) groups is 2. The molecule has 38 heavy (non-hydrogen) atoms. The van der Waals surface area contributed by atoms with Crippen LogP contribution in [0.5, 0.6) is 11.5 Å². The number of alkyl halides is 3. The van der Waals surface area contributed by atoms with Crippen molar-refractivity contribution in [3.63, 3.8) is 0 Å². The lowest BCUT2D eigenvalue weighted by molar-refractivity contribution is -0.0500. The fourth-order valence-corrected chi connectivity index (χ4v) is 3.77. The molecule has 8 nitrogen and oxygen atoms in total. The van der Waals surface area contributed by atoms with Gasteiger partial charge in [0.15, 0.2) is 11.6 Å². The van der Waals surface area contributed by atoms with Gasteiger partial charge in [0.2, 0.25) is 0 Å². The zero-order valence-corrected chi connectivity index (χ0v) is 20.4. The van der Waals surface area contributed by atoms with E-state index >= 15 is 0 Å². The second kappa shape index (κ2) is 10.9. The molecule has 0 aliphatic heterocycles. The molecule has 4 aromatic carbocycles. The van der Waals surface area contributed by atoms with Crippen molar-refractivity contribution in [2.45, 2.75) is 5.51 Å². The molecule has 0 aromatic heterocycles. The Kier molecular flexibility index (Phi) is 8.10. The average molecular weight is 554 g/mol. The van der Waals surface area contributed by atoms with Gasteiger partial charge in [0, 0.05) is 5.39 Å². The number of hydrogen-bond acceptors (Lipinski definition) is 8. The van der Waals surface area contributed by atoms with Crippen molar-refractivity contribution in [3.05, 3.63) is 83.7 Å². The number of esters is 2. The molecule has 0 bridgehead atoms. The molecule has 0 unspecified atom stereocenters. The Labute approximate surface area is 213 Å². The van der Waals surface area contributed by atoms with Gasteiger partial charge in [-0.25, -0.2) is 14.0 Å². The molecule has 4 rings (SSSR count). The lowest BCUT2D eigenvalue weighted by Crippen LogP contribution is -2.28. The first-order valence-corrected chi connectivity index (χ1v) is 11.8. The molecule has 0 heterocycles. The summed E-state index contributed by atoms with van der Waals surface area (Å²) in [5.41, 5.74) is -5.07. The van der Waals surface area contributed by atoms with Crippen LogP contribution in [0, 0.1) is 5.82 Å². The van der Waals surface area contributed by atoms with Crippen LogP contribution in [0.15, 0.2) is 66.7 Å². The van der Waals surface area contributed by atoms with Crippen LogP contribution in [-0.2, 0) is 19.6 Å². The maximum Gasteiger partial charge on any atom is 0.534 e. The number of carbonyl (C=O) groups excluding carboxylic acids is 2. The third kappa shape index (κ3) is 5.94. The number of aromatic hydroxyl groups is 1. The summed E-state index contributed by atoms with van der Waals surface area (Å²) in [6.07, 6.45) is 0. The maximum absolute atomic E-state index is 14.1. The highest BCUT2D eigenvalue weighted by Crippen LogP contribution is 2.32. The minimum Gasteiger partial charge on any atom is -0.508 e. The monoisotopic (exact) mass is 554 g/mol. The highest BCUT2D eigenvalue weighted by atomic mass is 32.2. The number of benzene rings is 4. The van der Waals surface area contributed by atoms with E-state index in [0.29, 0.717) is 5.56 Å². The van der Waals surface area contributed by atoms with Crippen LogP contribution in [0.3, 0.4) is 0 Å². The van der Waals surface area contributed by atoms with Crippen molar-refractivity contribution in [3.8, 4) is 11.5 Å². The Morgan fingerprint density at radius 2 is 1.45 bits per heavy atom. The summed E-state index contributed by atoms with van der Waals surface area (Å²) in [6.45, 7) is 0. The molecule has 1 N–H and O–H groups in total. The van der Waals surface area contributed by atoms with E-state index < -0.39 is 33.2 Å². The Bertz CT molecular complexity index is 1630. The van der Waals surface area contributed by atoms with Crippen molar-refractivity contribution >= 4 is 43.6 Å². The second-order valence-electron chi connectivity index (χ2n) is 7.49. The molecule has 4 aromatic rings. The van der Waals surface area contributed by atoms with Gasteiger partial charge in [-0.05, 0) is 58.6 Å². The predicted octanol–water partition coefficient (Wildman–Crippen LogP) is 5.33. The van der Waals surface area contributed by atoms with Gasteiger partial charge in [0.1, 0.15) is 5.75 Å². The number of rotatable bonds is 4. The largest absolute Gasteiger partial charge is 0.534 e. The molecule has 0 atom stereocenters. The fraction of sp³-hybridized carbons (Fsp3) is 0.120. The number of halogens is 4. The van der Waals surface area contributed by atoms with Crippen molar-refractivity contribution in [2.24, 2.45) is 0 Å². The van der Waals surface area contributed by atoms with Gasteiger partial charge >= 0.3 is 27.6 Å². The summed E-state index contributed by atoms with van der Waals surface area (Å²) in [7, 11) is -3.49. The molecule has 0 saturated heterocycles. The van der Waals surface area contributed by atoms with Gasteiger partial charge in [-0.15, -0.1) is 0 Å². The van der Waals surface area contributed by atoms with Crippen LogP contribution >= 0.6 is 0 Å². The van der Waals surface area contributed by atoms with E-state index in [-0.39, 0.29) is 28.1 Å². The molecule has 0 spiro atoms. The van der Waals surface area contributed by atoms with Crippen LogP contribution in [0.25, 0.3) is 21.5 Å². The van der Waals surface area contributed by atoms with Crippen LogP contribution in [0.1, 0.15) is 20.7 Å². The number of methoxy groups -OCH3 is 2. The van der Waals surface area contributed by atoms with Crippen molar-refractivity contribution in [1.82, 2.24) is 0 Å². The van der Waals surface area contributed by atoms with Gasteiger partial charge in [-0.1, -0.05) is 24.3 Å². The Morgan fingerprint density at radius 3 is 2.08 bits per heavy atom. The van der Waals surface area contributed by atoms with Gasteiger partial charge in [-0.2, -0.15) is 21.6 Å². The third-order valence-electron chi connectivity index (χ3n) is 5.09. The van der Waals surface area contributed by atoms with E-state index in [1.54, 1.807) is 30.3 Å². The SMILES string of the molecule is COC(=O)c1ccc2c(F)c(OS(=O)(=O)C(F)(F)F)ccc2c1.COC(=O)c1cccc2cc(O)ccc12. The Morgan fingerprint density at radius 1 is 0.816 bits per heavy atom. The smallest absolute Gasteiger partial charge is 0.508 e. The second-order valence-corrected chi connectivity index (χ2v) is 9.03. The zero-order chi connectivity index (χ0) is 28.3. The predicted molar refractivity (Wildman–Crippen MR) is 128 cm³/mol. The van der Waals surface area contributed by atoms with Crippen molar-refractivity contribution < 1.29 is 54.3 Å².